The fourth-order valence-electron chi connectivity index (χ4n) is 3.79. The van der Waals surface area contributed by atoms with Gasteiger partial charge in [-0.1, -0.05) is 19.1 Å². The zero-order valence-electron chi connectivity index (χ0n) is 16.1. The predicted molar refractivity (Wildman–Crippen MR) is 107 cm³/mol. The average Bonchev–Trinajstić information content (AvgIpc) is 3.17. The van der Waals surface area contributed by atoms with Crippen molar-refractivity contribution < 1.29 is 19.4 Å². The van der Waals surface area contributed by atoms with E-state index in [1.807, 2.05) is 23.5 Å². The highest BCUT2D eigenvalue weighted by Gasteiger charge is 2.33. The van der Waals surface area contributed by atoms with Gasteiger partial charge in [-0.2, -0.15) is 0 Å². The Hall–Kier alpha value is -2.05. The molecule has 1 N–H and O–H groups in total. The van der Waals surface area contributed by atoms with Crippen LogP contribution in [0.5, 0.6) is 11.5 Å². The summed E-state index contributed by atoms with van der Waals surface area (Å²) in [5.41, 5.74) is 1.06. The minimum atomic E-state index is -0.686. The highest BCUT2D eigenvalue weighted by atomic mass is 32.1. The number of aliphatic carboxylic acids is 1. The van der Waals surface area contributed by atoms with E-state index >= 15 is 0 Å². The number of carboxylic acid groups (broad SMARTS) is 1. The number of ether oxygens (including phenoxy) is 2. The number of benzene rings is 1. The Morgan fingerprint density at radius 2 is 1.96 bits per heavy atom. The van der Waals surface area contributed by atoms with E-state index in [0.29, 0.717) is 18.6 Å². The van der Waals surface area contributed by atoms with Crippen LogP contribution in [0.1, 0.15) is 41.1 Å². The Balaban J connectivity index is 2.00. The third-order valence-corrected chi connectivity index (χ3v) is 6.55. The van der Waals surface area contributed by atoms with Gasteiger partial charge in [-0.15, -0.1) is 11.3 Å². The van der Waals surface area contributed by atoms with Crippen molar-refractivity contribution in [3.05, 3.63) is 45.6 Å². The van der Waals surface area contributed by atoms with Crippen molar-refractivity contribution in [1.29, 1.82) is 0 Å². The van der Waals surface area contributed by atoms with Crippen molar-refractivity contribution in [3.63, 3.8) is 0 Å². The fraction of sp³-hybridized carbons (Fsp3) is 0.476. The van der Waals surface area contributed by atoms with Gasteiger partial charge in [0, 0.05) is 15.3 Å². The number of carboxylic acids is 1. The van der Waals surface area contributed by atoms with Crippen molar-refractivity contribution in [3.8, 4) is 11.5 Å². The van der Waals surface area contributed by atoms with Crippen molar-refractivity contribution >= 4 is 17.3 Å². The van der Waals surface area contributed by atoms with Crippen molar-refractivity contribution in [2.45, 2.75) is 32.2 Å². The van der Waals surface area contributed by atoms with Gasteiger partial charge in [-0.3, -0.25) is 9.69 Å². The minimum Gasteiger partial charge on any atom is -0.493 e. The number of thiophene rings is 1. The van der Waals surface area contributed by atoms with E-state index in [4.69, 9.17) is 9.47 Å². The van der Waals surface area contributed by atoms with E-state index in [1.54, 1.807) is 14.2 Å². The van der Waals surface area contributed by atoms with E-state index in [0.717, 1.165) is 30.8 Å². The number of para-hydroxylation sites is 1. The Morgan fingerprint density at radius 1 is 1.22 bits per heavy atom. The molecule has 5 nitrogen and oxygen atoms in total. The summed E-state index contributed by atoms with van der Waals surface area (Å²) in [6.45, 7) is 3.66. The van der Waals surface area contributed by atoms with Crippen LogP contribution in [0.3, 0.4) is 0 Å². The number of nitrogens with zero attached hydrogens (tertiary/aromatic N) is 1. The Kier molecular flexibility index (Phi) is 6.39. The second kappa shape index (κ2) is 8.76. The van der Waals surface area contributed by atoms with Gasteiger partial charge in [0.15, 0.2) is 11.5 Å². The molecule has 2 aromatic rings. The molecule has 0 amide bonds. The van der Waals surface area contributed by atoms with Gasteiger partial charge in [0.2, 0.25) is 0 Å². The number of rotatable bonds is 7. The molecule has 1 fully saturated rings. The molecule has 1 saturated heterocycles. The first-order chi connectivity index (χ1) is 13.1. The van der Waals surface area contributed by atoms with Crippen LogP contribution < -0.4 is 9.47 Å². The second-order valence-corrected chi connectivity index (χ2v) is 7.99. The van der Waals surface area contributed by atoms with E-state index in [9.17, 15) is 9.90 Å². The van der Waals surface area contributed by atoms with E-state index in [1.165, 1.54) is 9.75 Å². The van der Waals surface area contributed by atoms with Gasteiger partial charge in [0.05, 0.1) is 26.2 Å². The summed E-state index contributed by atoms with van der Waals surface area (Å²) in [6, 6.07) is 10.4. The Morgan fingerprint density at radius 3 is 2.52 bits per heavy atom. The molecule has 0 spiro atoms. The Bertz CT molecular complexity index is 780. The lowest BCUT2D eigenvalue weighted by molar-refractivity contribution is -0.143. The first kappa shape index (κ1) is 19.7. The molecule has 0 bridgehead atoms. The van der Waals surface area contributed by atoms with Crippen molar-refractivity contribution in [2.24, 2.45) is 5.92 Å². The molecule has 6 heteroatoms. The molecule has 27 heavy (non-hydrogen) atoms. The molecule has 3 rings (SSSR count). The monoisotopic (exact) mass is 389 g/mol. The summed E-state index contributed by atoms with van der Waals surface area (Å²) in [7, 11) is 3.32. The number of methoxy groups -OCH3 is 2. The predicted octanol–water partition coefficient (Wildman–Crippen LogP) is 4.21. The highest BCUT2D eigenvalue weighted by molar-refractivity contribution is 7.12. The highest BCUT2D eigenvalue weighted by Crippen LogP contribution is 2.43. The third-order valence-electron chi connectivity index (χ3n) is 5.27. The van der Waals surface area contributed by atoms with Crippen LogP contribution >= 0.6 is 11.3 Å². The maximum absolute atomic E-state index is 11.3. The SMILES string of the molecule is CCc1ccc(C(c2cccc(OC)c2OC)N2CCC(C(=O)O)CC2)s1. The van der Waals surface area contributed by atoms with Crippen LogP contribution in [0.15, 0.2) is 30.3 Å². The molecule has 2 heterocycles. The summed E-state index contributed by atoms with van der Waals surface area (Å²) >= 11 is 1.81. The third kappa shape index (κ3) is 4.12. The zero-order valence-corrected chi connectivity index (χ0v) is 16.9. The summed E-state index contributed by atoms with van der Waals surface area (Å²) in [5.74, 6) is 0.530. The quantitative estimate of drug-likeness (QED) is 0.769. The molecular weight excluding hydrogens is 362 g/mol. The maximum atomic E-state index is 11.3. The molecule has 1 aliphatic rings. The van der Waals surface area contributed by atoms with Crippen LogP contribution in [0.2, 0.25) is 0 Å². The summed E-state index contributed by atoms with van der Waals surface area (Å²) in [6.07, 6.45) is 2.35. The minimum absolute atomic E-state index is 0.0371. The first-order valence-electron chi connectivity index (χ1n) is 9.35. The molecule has 0 saturated carbocycles. The molecule has 1 aromatic carbocycles. The smallest absolute Gasteiger partial charge is 0.306 e. The Labute approximate surface area is 164 Å². The topological polar surface area (TPSA) is 59.0 Å². The van der Waals surface area contributed by atoms with Gasteiger partial charge >= 0.3 is 5.97 Å². The number of likely N-dealkylation sites (tertiary alicyclic amines) is 1. The molecule has 1 atom stereocenters. The molecule has 146 valence electrons. The number of carbonyl (C=O) groups is 1. The van der Waals surface area contributed by atoms with Gasteiger partial charge in [-0.05, 0) is 50.6 Å². The lowest BCUT2D eigenvalue weighted by Crippen LogP contribution is -2.39. The van der Waals surface area contributed by atoms with Crippen molar-refractivity contribution in [1.82, 2.24) is 4.90 Å². The lowest BCUT2D eigenvalue weighted by Gasteiger charge is -2.37. The van der Waals surface area contributed by atoms with E-state index in [-0.39, 0.29) is 12.0 Å². The lowest BCUT2D eigenvalue weighted by atomic mass is 9.93. The van der Waals surface area contributed by atoms with Gasteiger partial charge in [0.1, 0.15) is 0 Å². The molecule has 0 aliphatic carbocycles. The average molecular weight is 390 g/mol. The molecular formula is C21H27NO4S. The summed E-state index contributed by atoms with van der Waals surface area (Å²) < 4.78 is 11.2. The summed E-state index contributed by atoms with van der Waals surface area (Å²) in [5, 5.41) is 9.33. The van der Waals surface area contributed by atoms with Crippen LogP contribution in [0.4, 0.5) is 0 Å². The number of hydrogen-bond acceptors (Lipinski definition) is 5. The van der Waals surface area contributed by atoms with Gasteiger partial charge < -0.3 is 14.6 Å². The van der Waals surface area contributed by atoms with Gasteiger partial charge in [0.25, 0.3) is 0 Å². The van der Waals surface area contributed by atoms with Gasteiger partial charge in [-0.25, -0.2) is 0 Å². The standard InChI is InChI=1S/C21H27NO4S/c1-4-15-8-9-18(27-15)19(22-12-10-14(11-13-22)21(23)24)16-6-5-7-17(25-2)20(16)26-3/h5-9,14,19H,4,10-13H2,1-3H3,(H,23,24). The van der Waals surface area contributed by atoms with E-state index < -0.39 is 5.97 Å². The number of hydrogen-bond donors (Lipinski definition) is 1. The molecule has 1 aliphatic heterocycles. The van der Waals surface area contributed by atoms with Crippen LogP contribution in [0.25, 0.3) is 0 Å². The summed E-state index contributed by atoms with van der Waals surface area (Å²) in [4.78, 5) is 16.3. The molecule has 1 unspecified atom stereocenters. The number of aryl methyl sites for hydroxylation is 1. The van der Waals surface area contributed by atoms with Crippen LogP contribution in [-0.4, -0.2) is 43.3 Å². The van der Waals surface area contributed by atoms with Crippen LogP contribution in [-0.2, 0) is 11.2 Å². The molecule has 0 radical (unpaired) electrons. The maximum Gasteiger partial charge on any atom is 0.306 e. The van der Waals surface area contributed by atoms with Crippen LogP contribution in [0, 0.1) is 5.92 Å². The molecule has 1 aromatic heterocycles. The second-order valence-electron chi connectivity index (χ2n) is 6.79. The zero-order chi connectivity index (χ0) is 19.4. The number of piperidine rings is 1. The normalized spacial score (nSPS) is 16.9. The first-order valence-corrected chi connectivity index (χ1v) is 10.2. The van der Waals surface area contributed by atoms with Crippen molar-refractivity contribution in [2.75, 3.05) is 27.3 Å². The van der Waals surface area contributed by atoms with E-state index in [2.05, 4.69) is 30.0 Å². The largest absolute Gasteiger partial charge is 0.493 e. The fourth-order valence-corrected chi connectivity index (χ4v) is 4.90.